The standard InChI is InChI=1S/C14H28N2/c1-2-14-8-4-6-11-16(14)12-9-13-7-3-5-10-15-13/h13-15H,2-12H2,1H3/t13-,14-/m1/s1. The van der Waals surface area contributed by atoms with E-state index >= 15 is 0 Å². The van der Waals surface area contributed by atoms with E-state index in [-0.39, 0.29) is 0 Å². The topological polar surface area (TPSA) is 15.3 Å². The van der Waals surface area contributed by atoms with E-state index in [2.05, 4.69) is 17.1 Å². The van der Waals surface area contributed by atoms with Crippen molar-refractivity contribution in [2.45, 2.75) is 70.4 Å². The average molecular weight is 224 g/mol. The Hall–Kier alpha value is -0.0800. The summed E-state index contributed by atoms with van der Waals surface area (Å²) in [5.41, 5.74) is 0. The van der Waals surface area contributed by atoms with Crippen LogP contribution in [0.25, 0.3) is 0 Å². The van der Waals surface area contributed by atoms with Crippen molar-refractivity contribution in [3.8, 4) is 0 Å². The summed E-state index contributed by atoms with van der Waals surface area (Å²) in [7, 11) is 0. The Balaban J connectivity index is 1.70. The molecular formula is C14H28N2. The molecule has 0 spiro atoms. The third kappa shape index (κ3) is 3.46. The van der Waals surface area contributed by atoms with Crippen LogP contribution in [0.1, 0.15) is 58.3 Å². The van der Waals surface area contributed by atoms with Crippen LogP contribution in [-0.2, 0) is 0 Å². The van der Waals surface area contributed by atoms with Crippen LogP contribution in [0.15, 0.2) is 0 Å². The van der Waals surface area contributed by atoms with Crippen LogP contribution in [0.4, 0.5) is 0 Å². The van der Waals surface area contributed by atoms with Crippen molar-refractivity contribution in [1.29, 1.82) is 0 Å². The maximum absolute atomic E-state index is 3.66. The van der Waals surface area contributed by atoms with Gasteiger partial charge in [0.1, 0.15) is 0 Å². The van der Waals surface area contributed by atoms with Gasteiger partial charge in [-0.1, -0.05) is 19.8 Å². The highest BCUT2D eigenvalue weighted by Crippen LogP contribution is 2.20. The number of nitrogens with one attached hydrogen (secondary N) is 1. The molecule has 0 aliphatic carbocycles. The monoisotopic (exact) mass is 224 g/mol. The van der Waals surface area contributed by atoms with Gasteiger partial charge in [0.25, 0.3) is 0 Å². The number of likely N-dealkylation sites (tertiary alicyclic amines) is 1. The van der Waals surface area contributed by atoms with Crippen LogP contribution < -0.4 is 5.32 Å². The molecule has 2 heterocycles. The van der Waals surface area contributed by atoms with Crippen molar-refractivity contribution in [2.24, 2.45) is 0 Å². The van der Waals surface area contributed by atoms with Crippen molar-refractivity contribution in [1.82, 2.24) is 10.2 Å². The van der Waals surface area contributed by atoms with Gasteiger partial charge in [-0.15, -0.1) is 0 Å². The first-order valence-electron chi connectivity index (χ1n) is 7.37. The molecule has 0 saturated carbocycles. The molecule has 0 aromatic heterocycles. The number of nitrogens with zero attached hydrogens (tertiary/aromatic N) is 1. The molecule has 94 valence electrons. The molecule has 2 heteroatoms. The number of piperidine rings is 2. The van der Waals surface area contributed by atoms with Crippen molar-refractivity contribution in [2.75, 3.05) is 19.6 Å². The molecule has 16 heavy (non-hydrogen) atoms. The minimum Gasteiger partial charge on any atom is -0.314 e. The van der Waals surface area contributed by atoms with E-state index in [1.807, 2.05) is 0 Å². The summed E-state index contributed by atoms with van der Waals surface area (Å²) < 4.78 is 0. The van der Waals surface area contributed by atoms with Gasteiger partial charge in [0.15, 0.2) is 0 Å². The lowest BCUT2D eigenvalue weighted by atomic mass is 9.97. The Morgan fingerprint density at radius 2 is 2.00 bits per heavy atom. The minimum atomic E-state index is 0.813. The van der Waals surface area contributed by atoms with E-state index in [1.54, 1.807) is 0 Å². The maximum atomic E-state index is 3.66. The molecule has 2 atom stereocenters. The second kappa shape index (κ2) is 6.61. The predicted octanol–water partition coefficient (Wildman–Crippen LogP) is 2.78. The molecule has 0 unspecified atom stereocenters. The highest BCUT2D eigenvalue weighted by Gasteiger charge is 2.21. The van der Waals surface area contributed by atoms with Gasteiger partial charge in [-0.2, -0.15) is 0 Å². The van der Waals surface area contributed by atoms with Gasteiger partial charge in [-0.3, -0.25) is 0 Å². The van der Waals surface area contributed by atoms with Crippen molar-refractivity contribution in [3.05, 3.63) is 0 Å². The maximum Gasteiger partial charge on any atom is 0.00926 e. The summed E-state index contributed by atoms with van der Waals surface area (Å²) in [6.45, 7) is 6.28. The zero-order valence-electron chi connectivity index (χ0n) is 10.9. The molecule has 2 aliphatic rings. The summed E-state index contributed by atoms with van der Waals surface area (Å²) in [5, 5.41) is 3.66. The van der Waals surface area contributed by atoms with Gasteiger partial charge in [0.2, 0.25) is 0 Å². The van der Waals surface area contributed by atoms with E-state index in [0.29, 0.717) is 0 Å². The fraction of sp³-hybridized carbons (Fsp3) is 1.00. The van der Waals surface area contributed by atoms with Crippen LogP contribution in [0.2, 0.25) is 0 Å². The highest BCUT2D eigenvalue weighted by molar-refractivity contribution is 4.79. The normalized spacial score (nSPS) is 32.8. The van der Waals surface area contributed by atoms with E-state index in [0.717, 1.165) is 12.1 Å². The summed E-state index contributed by atoms with van der Waals surface area (Å²) in [6, 6.07) is 1.70. The van der Waals surface area contributed by atoms with E-state index in [9.17, 15) is 0 Å². The zero-order chi connectivity index (χ0) is 11.2. The van der Waals surface area contributed by atoms with Crippen LogP contribution in [-0.4, -0.2) is 36.6 Å². The smallest absolute Gasteiger partial charge is 0.00926 e. The molecule has 0 aromatic carbocycles. The van der Waals surface area contributed by atoms with E-state index < -0.39 is 0 Å². The fourth-order valence-corrected chi connectivity index (χ4v) is 3.31. The molecule has 1 N–H and O–H groups in total. The molecule has 2 rings (SSSR count). The minimum absolute atomic E-state index is 0.813. The van der Waals surface area contributed by atoms with Crippen LogP contribution in [0.3, 0.4) is 0 Å². The lowest BCUT2D eigenvalue weighted by molar-refractivity contribution is 0.135. The fourth-order valence-electron chi connectivity index (χ4n) is 3.31. The molecular weight excluding hydrogens is 196 g/mol. The Kier molecular flexibility index (Phi) is 5.11. The summed E-state index contributed by atoms with van der Waals surface area (Å²) in [6.07, 6.45) is 11.3. The molecule has 2 saturated heterocycles. The third-order valence-electron chi connectivity index (χ3n) is 4.40. The molecule has 2 aliphatic heterocycles. The van der Waals surface area contributed by atoms with Gasteiger partial charge < -0.3 is 10.2 Å². The van der Waals surface area contributed by atoms with E-state index in [1.165, 1.54) is 71.0 Å². The number of hydrogen-bond acceptors (Lipinski definition) is 2. The first-order valence-corrected chi connectivity index (χ1v) is 7.37. The Bertz CT molecular complexity index is 187. The molecule has 0 radical (unpaired) electrons. The van der Waals surface area contributed by atoms with Gasteiger partial charge in [-0.25, -0.2) is 0 Å². The quantitative estimate of drug-likeness (QED) is 0.790. The van der Waals surface area contributed by atoms with Crippen molar-refractivity contribution in [3.63, 3.8) is 0 Å². The molecule has 0 aromatic rings. The third-order valence-corrected chi connectivity index (χ3v) is 4.40. The molecule has 0 amide bonds. The lowest BCUT2D eigenvalue weighted by Gasteiger charge is -2.36. The van der Waals surface area contributed by atoms with Gasteiger partial charge in [0, 0.05) is 12.1 Å². The zero-order valence-corrected chi connectivity index (χ0v) is 10.9. The largest absolute Gasteiger partial charge is 0.314 e. The molecule has 0 bridgehead atoms. The number of hydrogen-bond donors (Lipinski definition) is 1. The Morgan fingerprint density at radius 1 is 1.12 bits per heavy atom. The Labute approximate surface area is 101 Å². The molecule has 2 nitrogen and oxygen atoms in total. The van der Waals surface area contributed by atoms with E-state index in [4.69, 9.17) is 0 Å². The predicted molar refractivity (Wildman–Crippen MR) is 69.8 cm³/mol. The highest BCUT2D eigenvalue weighted by atomic mass is 15.2. The summed E-state index contributed by atoms with van der Waals surface area (Å²) in [5.74, 6) is 0. The van der Waals surface area contributed by atoms with Crippen LogP contribution in [0.5, 0.6) is 0 Å². The van der Waals surface area contributed by atoms with Gasteiger partial charge in [-0.05, 0) is 58.2 Å². The lowest BCUT2D eigenvalue weighted by Crippen LogP contribution is -2.43. The van der Waals surface area contributed by atoms with Crippen molar-refractivity contribution < 1.29 is 0 Å². The molecule has 2 fully saturated rings. The van der Waals surface area contributed by atoms with Crippen LogP contribution >= 0.6 is 0 Å². The van der Waals surface area contributed by atoms with Crippen LogP contribution in [0, 0.1) is 0 Å². The first-order chi connectivity index (χ1) is 7.90. The second-order valence-electron chi connectivity index (χ2n) is 5.53. The van der Waals surface area contributed by atoms with Gasteiger partial charge >= 0.3 is 0 Å². The van der Waals surface area contributed by atoms with Crippen molar-refractivity contribution >= 4 is 0 Å². The first kappa shape index (κ1) is 12.4. The summed E-state index contributed by atoms with van der Waals surface area (Å²) >= 11 is 0. The summed E-state index contributed by atoms with van der Waals surface area (Å²) in [4.78, 5) is 2.75. The SMILES string of the molecule is CC[C@@H]1CCCCN1CC[C@H]1CCCCN1. The average Bonchev–Trinajstić information content (AvgIpc) is 2.38. The number of rotatable bonds is 4. The Morgan fingerprint density at radius 3 is 2.75 bits per heavy atom. The second-order valence-corrected chi connectivity index (χ2v) is 5.53. The van der Waals surface area contributed by atoms with Gasteiger partial charge in [0.05, 0.1) is 0 Å².